The van der Waals surface area contributed by atoms with Crippen molar-refractivity contribution in [2.45, 2.75) is 26.8 Å². The minimum Gasteiger partial charge on any atom is -0.435 e. The predicted octanol–water partition coefficient (Wildman–Crippen LogP) is 1.89. The fourth-order valence-electron chi connectivity index (χ4n) is 1.53. The Bertz CT molecular complexity index is 539. The summed E-state index contributed by atoms with van der Waals surface area (Å²) in [6.45, 7) is 5.70. The van der Waals surface area contributed by atoms with E-state index in [1.54, 1.807) is 23.1 Å². The smallest absolute Gasteiger partial charge is 0.226 e. The topological polar surface area (TPSA) is 90.9 Å². The van der Waals surface area contributed by atoms with Crippen LogP contribution in [-0.2, 0) is 6.54 Å². The molecule has 0 radical (unpaired) electrons. The monoisotopic (exact) mass is 262 g/mol. The van der Waals surface area contributed by atoms with Crippen molar-refractivity contribution in [1.29, 1.82) is 0 Å². The minimum absolute atomic E-state index is 0.180. The number of anilines is 2. The molecule has 2 heterocycles. The number of hydrogen-bond acceptors (Lipinski definition) is 6. The van der Waals surface area contributed by atoms with E-state index in [1.165, 1.54) is 0 Å². The number of rotatable bonds is 6. The molecule has 19 heavy (non-hydrogen) atoms. The number of aryl methyl sites for hydroxylation is 1. The Morgan fingerprint density at radius 1 is 1.37 bits per heavy atom. The predicted molar refractivity (Wildman–Crippen MR) is 73.2 cm³/mol. The van der Waals surface area contributed by atoms with Crippen LogP contribution in [0.4, 0.5) is 11.8 Å². The molecule has 3 N–H and O–H groups in total. The largest absolute Gasteiger partial charge is 0.435 e. The van der Waals surface area contributed by atoms with Crippen LogP contribution >= 0.6 is 0 Å². The molecule has 0 aliphatic heterocycles. The molecule has 2 aromatic rings. The van der Waals surface area contributed by atoms with E-state index in [2.05, 4.69) is 27.3 Å². The van der Waals surface area contributed by atoms with Crippen molar-refractivity contribution in [3.05, 3.63) is 18.5 Å². The van der Waals surface area contributed by atoms with Gasteiger partial charge in [0, 0.05) is 19.2 Å². The molecule has 0 fully saturated rings. The highest BCUT2D eigenvalue weighted by atomic mass is 16.5. The van der Waals surface area contributed by atoms with Crippen LogP contribution < -0.4 is 15.8 Å². The molecule has 0 spiro atoms. The standard InChI is InChI=1S/C12H18N6O/c1-3-5-14-10-6-11(17-12(13)16-10)19-9-7-15-18(4-2)8-9/h6-8H,3-5H2,1-2H3,(H3,13,14,16,17). The normalized spacial score (nSPS) is 10.4. The minimum atomic E-state index is 0.180. The molecule has 0 aliphatic carbocycles. The van der Waals surface area contributed by atoms with Crippen LogP contribution in [-0.4, -0.2) is 26.3 Å². The van der Waals surface area contributed by atoms with Gasteiger partial charge in [-0.1, -0.05) is 6.92 Å². The second kappa shape index (κ2) is 6.03. The molecule has 0 saturated heterocycles. The SMILES string of the molecule is CCCNc1cc(Oc2cnn(CC)c2)nc(N)n1. The van der Waals surface area contributed by atoms with Gasteiger partial charge in [-0.15, -0.1) is 0 Å². The van der Waals surface area contributed by atoms with Crippen molar-refractivity contribution in [3.63, 3.8) is 0 Å². The number of nitrogens with one attached hydrogen (secondary N) is 1. The Labute approximate surface area is 111 Å². The van der Waals surface area contributed by atoms with Gasteiger partial charge in [0.25, 0.3) is 0 Å². The van der Waals surface area contributed by atoms with E-state index in [9.17, 15) is 0 Å². The van der Waals surface area contributed by atoms with Crippen LogP contribution in [0.15, 0.2) is 18.5 Å². The Kier molecular flexibility index (Phi) is 4.17. The Morgan fingerprint density at radius 2 is 2.21 bits per heavy atom. The van der Waals surface area contributed by atoms with Crippen molar-refractivity contribution >= 4 is 11.8 Å². The highest BCUT2D eigenvalue weighted by Gasteiger charge is 2.06. The Morgan fingerprint density at radius 3 is 2.89 bits per heavy atom. The molecule has 2 aromatic heterocycles. The maximum atomic E-state index is 5.65. The molecule has 0 atom stereocenters. The molecule has 0 amide bonds. The van der Waals surface area contributed by atoms with Gasteiger partial charge in [0.15, 0.2) is 5.75 Å². The van der Waals surface area contributed by atoms with Crippen LogP contribution in [0, 0.1) is 0 Å². The molecule has 7 heteroatoms. The third-order valence-corrected chi connectivity index (χ3v) is 2.43. The van der Waals surface area contributed by atoms with Crippen molar-refractivity contribution in [3.8, 4) is 11.6 Å². The van der Waals surface area contributed by atoms with Crippen molar-refractivity contribution in [2.75, 3.05) is 17.6 Å². The van der Waals surface area contributed by atoms with E-state index in [-0.39, 0.29) is 5.95 Å². The van der Waals surface area contributed by atoms with E-state index >= 15 is 0 Å². The first kappa shape index (κ1) is 13.1. The van der Waals surface area contributed by atoms with Gasteiger partial charge < -0.3 is 15.8 Å². The summed E-state index contributed by atoms with van der Waals surface area (Å²) in [7, 11) is 0. The van der Waals surface area contributed by atoms with Gasteiger partial charge in [-0.25, -0.2) is 0 Å². The molecule has 0 saturated carbocycles. The van der Waals surface area contributed by atoms with Crippen LogP contribution in [0.2, 0.25) is 0 Å². The van der Waals surface area contributed by atoms with E-state index in [0.717, 1.165) is 19.5 Å². The Balaban J connectivity index is 2.12. The third-order valence-electron chi connectivity index (χ3n) is 2.43. The van der Waals surface area contributed by atoms with E-state index in [0.29, 0.717) is 17.4 Å². The number of ether oxygens (including phenoxy) is 1. The lowest BCUT2D eigenvalue weighted by molar-refractivity contribution is 0.462. The van der Waals surface area contributed by atoms with Gasteiger partial charge in [0.05, 0.1) is 12.4 Å². The maximum Gasteiger partial charge on any atom is 0.226 e. The lowest BCUT2D eigenvalue weighted by Gasteiger charge is -2.07. The van der Waals surface area contributed by atoms with Gasteiger partial charge >= 0.3 is 0 Å². The zero-order valence-electron chi connectivity index (χ0n) is 11.1. The highest BCUT2D eigenvalue weighted by molar-refractivity contribution is 5.43. The summed E-state index contributed by atoms with van der Waals surface area (Å²) in [5.74, 6) is 1.87. The molecule has 0 aromatic carbocycles. The van der Waals surface area contributed by atoms with Crippen LogP contribution in [0.25, 0.3) is 0 Å². The highest BCUT2D eigenvalue weighted by Crippen LogP contribution is 2.21. The lowest BCUT2D eigenvalue weighted by atomic mass is 10.4. The average Bonchev–Trinajstić information content (AvgIpc) is 2.83. The zero-order valence-corrected chi connectivity index (χ0v) is 11.1. The Hall–Kier alpha value is -2.31. The number of nitrogens with zero attached hydrogens (tertiary/aromatic N) is 4. The molecule has 2 rings (SSSR count). The van der Waals surface area contributed by atoms with Gasteiger partial charge in [-0.05, 0) is 13.3 Å². The number of hydrogen-bond donors (Lipinski definition) is 2. The van der Waals surface area contributed by atoms with Gasteiger partial charge in [-0.3, -0.25) is 4.68 Å². The molecule has 7 nitrogen and oxygen atoms in total. The number of nitrogen functional groups attached to an aromatic ring is 1. The van der Waals surface area contributed by atoms with E-state index < -0.39 is 0 Å². The third kappa shape index (κ3) is 3.57. The number of nitrogens with two attached hydrogens (primary N) is 1. The summed E-state index contributed by atoms with van der Waals surface area (Å²) in [6, 6.07) is 1.72. The molecular weight excluding hydrogens is 244 g/mol. The van der Waals surface area contributed by atoms with Crippen molar-refractivity contribution < 1.29 is 4.74 Å². The fraction of sp³-hybridized carbons (Fsp3) is 0.417. The molecule has 102 valence electrons. The summed E-state index contributed by atoms with van der Waals surface area (Å²) < 4.78 is 7.38. The van der Waals surface area contributed by atoms with E-state index in [1.807, 2.05) is 6.92 Å². The summed E-state index contributed by atoms with van der Waals surface area (Å²) in [5.41, 5.74) is 5.65. The molecule has 0 bridgehead atoms. The van der Waals surface area contributed by atoms with Crippen LogP contribution in [0.1, 0.15) is 20.3 Å². The molecule has 0 unspecified atom stereocenters. The summed E-state index contributed by atoms with van der Waals surface area (Å²) in [6.07, 6.45) is 4.45. The summed E-state index contributed by atoms with van der Waals surface area (Å²) in [5, 5.41) is 7.27. The van der Waals surface area contributed by atoms with Gasteiger partial charge in [0.1, 0.15) is 5.82 Å². The maximum absolute atomic E-state index is 5.65. The molecular formula is C12H18N6O. The van der Waals surface area contributed by atoms with Gasteiger partial charge in [0.2, 0.25) is 11.8 Å². The van der Waals surface area contributed by atoms with Crippen LogP contribution in [0.3, 0.4) is 0 Å². The summed E-state index contributed by atoms with van der Waals surface area (Å²) in [4.78, 5) is 8.13. The van der Waals surface area contributed by atoms with Gasteiger partial charge in [-0.2, -0.15) is 15.1 Å². The average molecular weight is 262 g/mol. The van der Waals surface area contributed by atoms with E-state index in [4.69, 9.17) is 10.5 Å². The van der Waals surface area contributed by atoms with Crippen LogP contribution in [0.5, 0.6) is 11.6 Å². The van der Waals surface area contributed by atoms with Crippen molar-refractivity contribution in [1.82, 2.24) is 19.7 Å². The quantitative estimate of drug-likeness (QED) is 0.826. The number of aromatic nitrogens is 4. The first-order chi connectivity index (χ1) is 9.21. The van der Waals surface area contributed by atoms with Crippen molar-refractivity contribution in [2.24, 2.45) is 0 Å². The first-order valence-electron chi connectivity index (χ1n) is 6.30. The second-order valence-electron chi connectivity index (χ2n) is 4.01. The zero-order chi connectivity index (χ0) is 13.7. The second-order valence-corrected chi connectivity index (χ2v) is 4.01. The summed E-state index contributed by atoms with van der Waals surface area (Å²) >= 11 is 0. The first-order valence-corrected chi connectivity index (χ1v) is 6.30. The fourth-order valence-corrected chi connectivity index (χ4v) is 1.53. The lowest BCUT2D eigenvalue weighted by Crippen LogP contribution is -2.05. The molecule has 0 aliphatic rings.